The first-order valence-corrected chi connectivity index (χ1v) is 9.18. The van der Waals surface area contributed by atoms with E-state index < -0.39 is 0 Å². The van der Waals surface area contributed by atoms with E-state index in [1.807, 2.05) is 36.4 Å². The highest BCUT2D eigenvalue weighted by atomic mass is 35.5. The van der Waals surface area contributed by atoms with Crippen molar-refractivity contribution in [1.29, 1.82) is 0 Å². The van der Waals surface area contributed by atoms with Crippen molar-refractivity contribution in [2.24, 2.45) is 0 Å². The Labute approximate surface area is 152 Å². The number of hydrogen-bond acceptors (Lipinski definition) is 3. The van der Waals surface area contributed by atoms with E-state index >= 15 is 0 Å². The molecule has 0 radical (unpaired) electrons. The lowest BCUT2D eigenvalue weighted by atomic mass is 9.93. The van der Waals surface area contributed by atoms with Crippen molar-refractivity contribution in [2.45, 2.75) is 25.3 Å². The molecule has 1 atom stereocenters. The topological polar surface area (TPSA) is 36.4 Å². The maximum atomic E-state index is 11.0. The van der Waals surface area contributed by atoms with E-state index in [0.29, 0.717) is 10.5 Å². The van der Waals surface area contributed by atoms with Gasteiger partial charge in [-0.1, -0.05) is 48.4 Å². The van der Waals surface area contributed by atoms with Crippen LogP contribution >= 0.6 is 11.6 Å². The number of fused-ring (bicyclic) bond motifs is 1. The first kappa shape index (κ1) is 16.4. The van der Waals surface area contributed by atoms with Crippen LogP contribution < -0.4 is 0 Å². The van der Waals surface area contributed by atoms with Crippen LogP contribution in [-0.2, 0) is 0 Å². The van der Waals surface area contributed by atoms with Crippen molar-refractivity contribution in [3.8, 4) is 5.75 Å². The van der Waals surface area contributed by atoms with Crippen molar-refractivity contribution in [3.63, 3.8) is 0 Å². The number of nitrogens with zero attached hydrogens (tertiary/aromatic N) is 2. The van der Waals surface area contributed by atoms with E-state index in [-0.39, 0.29) is 11.8 Å². The van der Waals surface area contributed by atoms with Crippen molar-refractivity contribution in [2.75, 3.05) is 13.1 Å². The Hall–Kier alpha value is -2.10. The molecule has 3 nitrogen and oxygen atoms in total. The Kier molecular flexibility index (Phi) is 4.60. The predicted octanol–water partition coefficient (Wildman–Crippen LogP) is 5.17. The summed E-state index contributed by atoms with van der Waals surface area (Å²) < 4.78 is 0. The van der Waals surface area contributed by atoms with Gasteiger partial charge in [0.25, 0.3) is 0 Å². The second-order valence-corrected chi connectivity index (χ2v) is 7.01. The molecular weight excluding hydrogens is 332 g/mol. The maximum Gasteiger partial charge on any atom is 0.147 e. The van der Waals surface area contributed by atoms with Gasteiger partial charge in [-0.25, -0.2) is 0 Å². The highest BCUT2D eigenvalue weighted by Crippen LogP contribution is 2.41. The smallest absolute Gasteiger partial charge is 0.147 e. The summed E-state index contributed by atoms with van der Waals surface area (Å²) in [6.45, 7) is 2.05. The molecule has 1 aliphatic rings. The van der Waals surface area contributed by atoms with Gasteiger partial charge < -0.3 is 5.11 Å². The molecule has 2 aromatic carbocycles. The van der Waals surface area contributed by atoms with Crippen LogP contribution in [-0.4, -0.2) is 28.1 Å². The van der Waals surface area contributed by atoms with Crippen molar-refractivity contribution in [3.05, 3.63) is 70.9 Å². The van der Waals surface area contributed by atoms with E-state index in [9.17, 15) is 5.11 Å². The zero-order valence-corrected chi connectivity index (χ0v) is 14.8. The Morgan fingerprint density at radius 1 is 1.00 bits per heavy atom. The minimum atomic E-state index is -0.00888. The van der Waals surface area contributed by atoms with Crippen LogP contribution in [0.1, 0.15) is 36.4 Å². The zero-order chi connectivity index (χ0) is 17.2. The number of benzene rings is 2. The van der Waals surface area contributed by atoms with Gasteiger partial charge in [-0.15, -0.1) is 0 Å². The van der Waals surface area contributed by atoms with Gasteiger partial charge in [-0.2, -0.15) is 0 Å². The molecule has 0 bridgehead atoms. The third-order valence-electron chi connectivity index (χ3n) is 5.01. The highest BCUT2D eigenvalue weighted by molar-refractivity contribution is 6.35. The number of halogens is 1. The first-order valence-electron chi connectivity index (χ1n) is 8.81. The lowest BCUT2D eigenvalue weighted by Crippen LogP contribution is -2.34. The summed E-state index contributed by atoms with van der Waals surface area (Å²) in [6.07, 6.45) is 5.33. The SMILES string of the molecule is Oc1c(C(c2ccccc2)N2CCCCC2)cc(Cl)c2cccnc12. The van der Waals surface area contributed by atoms with E-state index in [4.69, 9.17) is 11.6 Å². The number of hydrogen-bond donors (Lipinski definition) is 1. The number of likely N-dealkylation sites (tertiary alicyclic amines) is 1. The van der Waals surface area contributed by atoms with Crippen LogP contribution in [0.4, 0.5) is 0 Å². The molecule has 128 valence electrons. The summed E-state index contributed by atoms with van der Waals surface area (Å²) in [7, 11) is 0. The third-order valence-corrected chi connectivity index (χ3v) is 5.32. The molecule has 0 aliphatic carbocycles. The van der Waals surface area contributed by atoms with Gasteiger partial charge in [0.05, 0.1) is 11.1 Å². The van der Waals surface area contributed by atoms with Crippen LogP contribution in [0.3, 0.4) is 0 Å². The fraction of sp³-hybridized carbons (Fsp3) is 0.286. The Bertz CT molecular complexity index is 876. The van der Waals surface area contributed by atoms with Gasteiger partial charge in [0.1, 0.15) is 11.3 Å². The van der Waals surface area contributed by atoms with Gasteiger partial charge >= 0.3 is 0 Å². The van der Waals surface area contributed by atoms with Crippen molar-refractivity contribution >= 4 is 22.5 Å². The summed E-state index contributed by atoms with van der Waals surface area (Å²) in [5.74, 6) is 0.236. The molecule has 1 unspecified atom stereocenters. The normalized spacial score (nSPS) is 16.8. The van der Waals surface area contributed by atoms with Gasteiger partial charge in [-0.3, -0.25) is 9.88 Å². The molecule has 3 aromatic rings. The standard InChI is InChI=1S/C21H21ClN2O/c22-18-14-17(21(25)19-16(18)10-7-11-23-19)20(15-8-3-1-4-9-15)24-12-5-2-6-13-24/h1,3-4,7-11,14,20,25H,2,5-6,12-13H2. The third kappa shape index (κ3) is 3.10. The van der Waals surface area contributed by atoms with Crippen LogP contribution in [0, 0.1) is 0 Å². The van der Waals surface area contributed by atoms with E-state index in [1.165, 1.54) is 24.8 Å². The molecule has 4 rings (SSSR count). The number of piperidine rings is 1. The summed E-state index contributed by atoms with van der Waals surface area (Å²) in [5.41, 5.74) is 2.58. The van der Waals surface area contributed by atoms with Gasteiger partial charge in [0.2, 0.25) is 0 Å². The summed E-state index contributed by atoms with van der Waals surface area (Å²) in [4.78, 5) is 6.81. The molecule has 4 heteroatoms. The molecule has 0 spiro atoms. The Balaban J connectivity index is 1.90. The minimum absolute atomic E-state index is 0.00888. The van der Waals surface area contributed by atoms with Gasteiger partial charge in [0.15, 0.2) is 0 Å². The fourth-order valence-corrected chi connectivity index (χ4v) is 4.08. The number of aromatic nitrogens is 1. The number of pyridine rings is 1. The van der Waals surface area contributed by atoms with E-state index in [0.717, 1.165) is 24.0 Å². The van der Waals surface area contributed by atoms with Gasteiger partial charge in [0, 0.05) is 17.1 Å². The summed E-state index contributed by atoms with van der Waals surface area (Å²) >= 11 is 6.54. The molecule has 0 saturated carbocycles. The summed E-state index contributed by atoms with van der Waals surface area (Å²) in [6, 6.07) is 16.0. The quantitative estimate of drug-likeness (QED) is 0.706. The monoisotopic (exact) mass is 352 g/mol. The molecule has 1 fully saturated rings. The molecular formula is C21H21ClN2O. The molecule has 1 N–H and O–H groups in total. The van der Waals surface area contributed by atoms with Crippen LogP contribution in [0.5, 0.6) is 5.75 Å². The summed E-state index contributed by atoms with van der Waals surface area (Å²) in [5, 5.41) is 12.4. The maximum absolute atomic E-state index is 11.0. The zero-order valence-electron chi connectivity index (χ0n) is 14.0. The number of rotatable bonds is 3. The van der Waals surface area contributed by atoms with Crippen molar-refractivity contribution in [1.82, 2.24) is 9.88 Å². The molecule has 0 amide bonds. The Morgan fingerprint density at radius 3 is 2.52 bits per heavy atom. The lowest BCUT2D eigenvalue weighted by Gasteiger charge is -2.35. The van der Waals surface area contributed by atoms with E-state index in [1.54, 1.807) is 6.20 Å². The fourth-order valence-electron chi connectivity index (χ4n) is 3.81. The number of phenols is 1. The second kappa shape index (κ2) is 7.03. The largest absolute Gasteiger partial charge is 0.505 e. The molecule has 1 aromatic heterocycles. The van der Waals surface area contributed by atoms with Crippen LogP contribution in [0.2, 0.25) is 5.02 Å². The van der Waals surface area contributed by atoms with Crippen molar-refractivity contribution < 1.29 is 5.11 Å². The van der Waals surface area contributed by atoms with E-state index in [2.05, 4.69) is 22.0 Å². The van der Waals surface area contributed by atoms with Crippen LogP contribution in [0.15, 0.2) is 54.7 Å². The average molecular weight is 353 g/mol. The second-order valence-electron chi connectivity index (χ2n) is 6.61. The minimum Gasteiger partial charge on any atom is -0.505 e. The predicted molar refractivity (Wildman–Crippen MR) is 102 cm³/mol. The number of aromatic hydroxyl groups is 1. The molecule has 2 heterocycles. The molecule has 1 aliphatic heterocycles. The molecule has 25 heavy (non-hydrogen) atoms. The number of phenolic OH excluding ortho intramolecular Hbond substituents is 1. The Morgan fingerprint density at radius 2 is 1.76 bits per heavy atom. The van der Waals surface area contributed by atoms with Gasteiger partial charge in [-0.05, 0) is 49.7 Å². The first-order chi connectivity index (χ1) is 12.3. The average Bonchev–Trinajstić information content (AvgIpc) is 2.68. The highest BCUT2D eigenvalue weighted by Gasteiger charge is 2.27. The van der Waals surface area contributed by atoms with Crippen LogP contribution in [0.25, 0.3) is 10.9 Å². The molecule has 1 saturated heterocycles. The lowest BCUT2D eigenvalue weighted by molar-refractivity contribution is 0.185.